The first-order valence-electron chi connectivity index (χ1n) is 8.32. The highest BCUT2D eigenvalue weighted by atomic mass is 19.4. The number of hydrogen-bond donors (Lipinski definition) is 1. The second-order valence-electron chi connectivity index (χ2n) is 6.25. The average molecular weight is 364 g/mol. The lowest BCUT2D eigenvalue weighted by atomic mass is 10.2. The van der Waals surface area contributed by atoms with Gasteiger partial charge in [-0.05, 0) is 36.2 Å². The Bertz CT molecular complexity index is 733. The summed E-state index contributed by atoms with van der Waals surface area (Å²) < 4.78 is 40.3. The number of halogens is 3. The maximum absolute atomic E-state index is 12.3. The lowest BCUT2D eigenvalue weighted by molar-refractivity contribution is -0.274. The SMILES string of the molecule is O=C(N[C@@H]1CCN(Cc2ccccc2)C1)c1ccc(OC(F)(F)F)cc1. The van der Waals surface area contributed by atoms with Gasteiger partial charge in [0.25, 0.3) is 5.91 Å². The summed E-state index contributed by atoms with van der Waals surface area (Å²) in [6.07, 6.45) is -3.90. The molecule has 0 bridgehead atoms. The van der Waals surface area contributed by atoms with Crippen molar-refractivity contribution in [3.05, 3.63) is 65.7 Å². The first-order valence-corrected chi connectivity index (χ1v) is 8.32. The minimum Gasteiger partial charge on any atom is -0.406 e. The zero-order valence-electron chi connectivity index (χ0n) is 14.0. The van der Waals surface area contributed by atoms with Crippen molar-refractivity contribution in [2.24, 2.45) is 0 Å². The summed E-state index contributed by atoms with van der Waals surface area (Å²) in [4.78, 5) is 14.5. The molecule has 2 aromatic carbocycles. The van der Waals surface area contributed by atoms with Gasteiger partial charge in [-0.1, -0.05) is 30.3 Å². The topological polar surface area (TPSA) is 41.6 Å². The summed E-state index contributed by atoms with van der Waals surface area (Å²) in [6, 6.07) is 15.1. The smallest absolute Gasteiger partial charge is 0.406 e. The van der Waals surface area contributed by atoms with E-state index in [4.69, 9.17) is 0 Å². The van der Waals surface area contributed by atoms with Crippen LogP contribution in [0.25, 0.3) is 0 Å². The number of carbonyl (C=O) groups excluding carboxylic acids is 1. The largest absolute Gasteiger partial charge is 0.573 e. The highest BCUT2D eigenvalue weighted by molar-refractivity contribution is 5.94. The summed E-state index contributed by atoms with van der Waals surface area (Å²) in [5.74, 6) is -0.640. The van der Waals surface area contributed by atoms with E-state index in [0.717, 1.165) is 38.2 Å². The molecule has 138 valence electrons. The zero-order chi connectivity index (χ0) is 18.6. The minimum absolute atomic E-state index is 0.0253. The highest BCUT2D eigenvalue weighted by Gasteiger charge is 2.31. The molecule has 0 aromatic heterocycles. The molecular formula is C19H19F3N2O2. The van der Waals surface area contributed by atoms with Crippen LogP contribution in [0, 0.1) is 0 Å². The van der Waals surface area contributed by atoms with E-state index in [-0.39, 0.29) is 17.7 Å². The molecule has 1 fully saturated rings. The number of ether oxygens (including phenoxy) is 1. The van der Waals surface area contributed by atoms with Crippen molar-refractivity contribution in [1.29, 1.82) is 0 Å². The fourth-order valence-corrected chi connectivity index (χ4v) is 3.01. The van der Waals surface area contributed by atoms with Gasteiger partial charge in [-0.15, -0.1) is 13.2 Å². The van der Waals surface area contributed by atoms with Crippen LogP contribution in [0.2, 0.25) is 0 Å². The van der Waals surface area contributed by atoms with Gasteiger partial charge in [0.15, 0.2) is 0 Å². The standard InChI is InChI=1S/C19H19F3N2O2/c20-19(21,22)26-17-8-6-15(7-9-17)18(25)23-16-10-11-24(13-16)12-14-4-2-1-3-5-14/h1-9,16H,10-13H2,(H,23,25)/t16-/m1/s1. The highest BCUT2D eigenvalue weighted by Crippen LogP contribution is 2.23. The maximum atomic E-state index is 12.3. The predicted molar refractivity (Wildman–Crippen MR) is 90.7 cm³/mol. The lowest BCUT2D eigenvalue weighted by Crippen LogP contribution is -2.36. The lowest BCUT2D eigenvalue weighted by Gasteiger charge is -2.17. The van der Waals surface area contributed by atoms with Gasteiger partial charge < -0.3 is 10.1 Å². The third kappa shape index (κ3) is 5.23. The number of nitrogens with one attached hydrogen (secondary N) is 1. The third-order valence-electron chi connectivity index (χ3n) is 4.21. The first-order chi connectivity index (χ1) is 12.4. The normalized spacial score (nSPS) is 17.9. The van der Waals surface area contributed by atoms with Crippen molar-refractivity contribution in [1.82, 2.24) is 10.2 Å². The van der Waals surface area contributed by atoms with Crippen molar-refractivity contribution in [2.45, 2.75) is 25.4 Å². The quantitative estimate of drug-likeness (QED) is 0.882. The number of nitrogens with zero attached hydrogens (tertiary/aromatic N) is 1. The molecule has 1 atom stereocenters. The van der Waals surface area contributed by atoms with Gasteiger partial charge in [0, 0.05) is 31.2 Å². The predicted octanol–water partition coefficient (Wildman–Crippen LogP) is 3.59. The number of likely N-dealkylation sites (tertiary alicyclic amines) is 1. The molecular weight excluding hydrogens is 345 g/mol. The van der Waals surface area contributed by atoms with Gasteiger partial charge >= 0.3 is 6.36 Å². The van der Waals surface area contributed by atoms with Crippen LogP contribution < -0.4 is 10.1 Å². The number of rotatable bonds is 5. The molecule has 0 aliphatic carbocycles. The van der Waals surface area contributed by atoms with E-state index in [2.05, 4.69) is 27.1 Å². The van der Waals surface area contributed by atoms with Gasteiger partial charge in [0.05, 0.1) is 0 Å². The Kier molecular flexibility index (Phi) is 5.46. The number of carbonyl (C=O) groups is 1. The second-order valence-corrected chi connectivity index (χ2v) is 6.25. The Morgan fingerprint density at radius 1 is 1.12 bits per heavy atom. The van der Waals surface area contributed by atoms with Crippen molar-refractivity contribution in [3.63, 3.8) is 0 Å². The minimum atomic E-state index is -4.74. The van der Waals surface area contributed by atoms with Crippen molar-refractivity contribution in [3.8, 4) is 5.75 Å². The molecule has 1 saturated heterocycles. The molecule has 1 amide bonds. The molecule has 1 N–H and O–H groups in total. The summed E-state index contributed by atoms with van der Waals surface area (Å²) in [5.41, 5.74) is 1.53. The van der Waals surface area contributed by atoms with Crippen LogP contribution in [-0.2, 0) is 6.54 Å². The summed E-state index contributed by atoms with van der Waals surface area (Å²) in [7, 11) is 0. The molecule has 2 aromatic rings. The van der Waals surface area contributed by atoms with Crippen LogP contribution in [0.1, 0.15) is 22.3 Å². The van der Waals surface area contributed by atoms with Crippen molar-refractivity contribution in [2.75, 3.05) is 13.1 Å². The molecule has 26 heavy (non-hydrogen) atoms. The van der Waals surface area contributed by atoms with Crippen LogP contribution in [0.4, 0.5) is 13.2 Å². The second kappa shape index (κ2) is 7.78. The van der Waals surface area contributed by atoms with E-state index in [1.165, 1.54) is 17.7 Å². The molecule has 1 heterocycles. The number of amides is 1. The number of alkyl halides is 3. The molecule has 0 radical (unpaired) electrons. The van der Waals surface area contributed by atoms with E-state index in [1.807, 2.05) is 18.2 Å². The first kappa shape index (κ1) is 18.3. The third-order valence-corrected chi connectivity index (χ3v) is 4.21. The Morgan fingerprint density at radius 3 is 2.46 bits per heavy atom. The fraction of sp³-hybridized carbons (Fsp3) is 0.316. The van der Waals surface area contributed by atoms with Crippen LogP contribution in [0.5, 0.6) is 5.75 Å². The Labute approximate surface area is 149 Å². The van der Waals surface area contributed by atoms with Gasteiger partial charge in [-0.2, -0.15) is 0 Å². The van der Waals surface area contributed by atoms with E-state index in [9.17, 15) is 18.0 Å². The van der Waals surface area contributed by atoms with E-state index in [1.54, 1.807) is 0 Å². The van der Waals surface area contributed by atoms with Crippen LogP contribution in [0.15, 0.2) is 54.6 Å². The summed E-state index contributed by atoms with van der Waals surface area (Å²) in [5, 5.41) is 2.93. The van der Waals surface area contributed by atoms with Gasteiger partial charge in [0.2, 0.25) is 0 Å². The summed E-state index contributed by atoms with van der Waals surface area (Å²) >= 11 is 0. The van der Waals surface area contributed by atoms with Crippen LogP contribution >= 0.6 is 0 Å². The maximum Gasteiger partial charge on any atom is 0.573 e. The van der Waals surface area contributed by atoms with E-state index < -0.39 is 6.36 Å². The molecule has 7 heteroatoms. The van der Waals surface area contributed by atoms with Crippen LogP contribution in [0.3, 0.4) is 0 Å². The van der Waals surface area contributed by atoms with Crippen molar-refractivity contribution < 1.29 is 22.7 Å². The van der Waals surface area contributed by atoms with Gasteiger partial charge in [-0.25, -0.2) is 0 Å². The Balaban J connectivity index is 1.50. The van der Waals surface area contributed by atoms with Crippen molar-refractivity contribution >= 4 is 5.91 Å². The van der Waals surface area contributed by atoms with E-state index >= 15 is 0 Å². The molecule has 0 spiro atoms. The summed E-state index contributed by atoms with van der Waals surface area (Å²) in [6.45, 7) is 2.46. The molecule has 3 rings (SSSR count). The monoisotopic (exact) mass is 364 g/mol. The number of hydrogen-bond acceptors (Lipinski definition) is 3. The van der Waals surface area contributed by atoms with Crippen LogP contribution in [-0.4, -0.2) is 36.3 Å². The molecule has 0 unspecified atom stereocenters. The van der Waals surface area contributed by atoms with E-state index in [0.29, 0.717) is 5.56 Å². The molecule has 4 nitrogen and oxygen atoms in total. The zero-order valence-corrected chi connectivity index (χ0v) is 14.0. The van der Waals surface area contributed by atoms with Gasteiger partial charge in [0.1, 0.15) is 5.75 Å². The Hall–Kier alpha value is -2.54. The average Bonchev–Trinajstić information content (AvgIpc) is 3.02. The fourth-order valence-electron chi connectivity index (χ4n) is 3.01. The molecule has 0 saturated carbocycles. The molecule has 1 aliphatic heterocycles. The molecule has 1 aliphatic rings. The Morgan fingerprint density at radius 2 is 1.81 bits per heavy atom. The number of benzene rings is 2. The van der Waals surface area contributed by atoms with Gasteiger partial charge in [-0.3, -0.25) is 9.69 Å².